The summed E-state index contributed by atoms with van der Waals surface area (Å²) in [4.78, 5) is 83.1. The van der Waals surface area contributed by atoms with Gasteiger partial charge in [-0.1, -0.05) is 196 Å². The Kier molecular flexibility index (Phi) is 57.8. The molecule has 0 bridgehead atoms. The smallest absolute Gasteiger partial charge is 0.309 e. The first kappa shape index (κ1) is 80.4. The van der Waals surface area contributed by atoms with E-state index < -0.39 is 11.9 Å². The third-order valence-electron chi connectivity index (χ3n) is 14.9. The van der Waals surface area contributed by atoms with E-state index in [0.717, 1.165) is 56.7 Å². The van der Waals surface area contributed by atoms with Gasteiger partial charge in [-0.05, 0) is 83.9 Å². The summed E-state index contributed by atoms with van der Waals surface area (Å²) in [6.07, 6.45) is 35.6. The van der Waals surface area contributed by atoms with Crippen molar-refractivity contribution in [2.45, 2.75) is 247 Å². The van der Waals surface area contributed by atoms with Crippen LogP contribution in [0.2, 0.25) is 0 Å². The highest BCUT2D eigenvalue weighted by Crippen LogP contribution is 2.18. The van der Waals surface area contributed by atoms with Gasteiger partial charge in [-0.15, -0.1) is 0 Å². The zero-order chi connectivity index (χ0) is 61.2. The standard InChI is InChI=1S/C66H125N3O12S2/c1-9-12-15-18-21-24-25-26-29-32-37-58(4)64(73)79-51-48-76-62(71)39-46-69(47-40-63(72)78-50-53-81-66(75)60(6)57-83-55-34-31-28-23-20-17-14-11-3)44-36-43-68(42-35-41-67(7)8)45-38-61(70)77-49-52-80-65(74)59(5)56-82-54-33-30-27-22-19-16-13-10-2/h58-60H,9-57H2,1-8H3. The molecule has 0 aromatic heterocycles. The highest BCUT2D eigenvalue weighted by molar-refractivity contribution is 7.99. The summed E-state index contributed by atoms with van der Waals surface area (Å²) in [5, 5.41) is 0. The van der Waals surface area contributed by atoms with Crippen LogP contribution in [0.1, 0.15) is 247 Å². The van der Waals surface area contributed by atoms with E-state index in [9.17, 15) is 28.8 Å². The van der Waals surface area contributed by atoms with Crippen molar-refractivity contribution in [2.24, 2.45) is 17.8 Å². The second-order valence-corrected chi connectivity index (χ2v) is 25.7. The largest absolute Gasteiger partial charge is 0.462 e. The van der Waals surface area contributed by atoms with Gasteiger partial charge in [0.2, 0.25) is 0 Å². The normalized spacial score (nSPS) is 12.6. The van der Waals surface area contributed by atoms with Gasteiger partial charge in [0.05, 0.1) is 37.0 Å². The fourth-order valence-corrected chi connectivity index (χ4v) is 11.6. The molecule has 0 aliphatic rings. The highest BCUT2D eigenvalue weighted by atomic mass is 32.2. The molecule has 0 rings (SSSR count). The average Bonchev–Trinajstić information content (AvgIpc) is 3.47. The molecule has 0 heterocycles. The van der Waals surface area contributed by atoms with Crippen LogP contribution in [0.3, 0.4) is 0 Å². The summed E-state index contributed by atoms with van der Waals surface area (Å²) in [6.45, 7) is 16.4. The number of carbonyl (C=O) groups excluding carboxylic acids is 6. The minimum atomic E-state index is -0.428. The number of unbranched alkanes of at least 4 members (excludes halogenated alkanes) is 23. The van der Waals surface area contributed by atoms with Crippen LogP contribution in [0, 0.1) is 17.8 Å². The van der Waals surface area contributed by atoms with Gasteiger partial charge in [0.15, 0.2) is 0 Å². The zero-order valence-electron chi connectivity index (χ0n) is 54.4. The zero-order valence-corrected chi connectivity index (χ0v) is 56.1. The van der Waals surface area contributed by atoms with E-state index in [2.05, 4.69) is 30.6 Å². The third-order valence-corrected chi connectivity index (χ3v) is 17.5. The second-order valence-electron chi connectivity index (χ2n) is 23.4. The Hall–Kier alpha value is -2.60. The summed E-state index contributed by atoms with van der Waals surface area (Å²) in [7, 11) is 4.06. The van der Waals surface area contributed by atoms with E-state index in [4.69, 9.17) is 28.4 Å². The molecule has 17 heteroatoms. The SMILES string of the molecule is CCCCCCCCCCCCC(C)C(=O)OCCOC(=O)CCN(CCCN(CCCN(C)C)CCC(=O)OCCOC(=O)C(C)CSCCCCCCCCCC)CCC(=O)OCCOC(=O)C(C)CSCCCCCCCCCC. The lowest BCUT2D eigenvalue weighted by Gasteiger charge is -2.26. The van der Waals surface area contributed by atoms with Gasteiger partial charge in [0.1, 0.15) is 39.6 Å². The molecule has 0 fully saturated rings. The maximum atomic E-state index is 13.0. The molecular weight excluding hydrogens is 1090 g/mol. The lowest BCUT2D eigenvalue weighted by atomic mass is 10.0. The molecule has 0 radical (unpaired) electrons. The van der Waals surface area contributed by atoms with E-state index in [-0.39, 0.29) is 101 Å². The highest BCUT2D eigenvalue weighted by Gasteiger charge is 2.19. The molecular formula is C66H125N3O12S2. The Morgan fingerprint density at radius 2 is 0.602 bits per heavy atom. The topological polar surface area (TPSA) is 168 Å². The predicted octanol–water partition coefficient (Wildman–Crippen LogP) is 14.3. The van der Waals surface area contributed by atoms with Gasteiger partial charge >= 0.3 is 35.8 Å². The Balaban J connectivity index is 5.11. The quantitative estimate of drug-likeness (QED) is 0.0320. The fourth-order valence-electron chi connectivity index (χ4n) is 9.47. The van der Waals surface area contributed by atoms with Crippen LogP contribution in [0.4, 0.5) is 0 Å². The number of thioether (sulfide) groups is 2. The van der Waals surface area contributed by atoms with Gasteiger partial charge in [-0.3, -0.25) is 28.8 Å². The number of esters is 6. The summed E-state index contributed by atoms with van der Waals surface area (Å²) in [6, 6.07) is 0. The summed E-state index contributed by atoms with van der Waals surface area (Å²) >= 11 is 3.58. The van der Waals surface area contributed by atoms with Crippen molar-refractivity contribution in [3.63, 3.8) is 0 Å². The molecule has 0 saturated heterocycles. The van der Waals surface area contributed by atoms with Gasteiger partial charge < -0.3 is 43.1 Å². The summed E-state index contributed by atoms with van der Waals surface area (Å²) in [5.74, 6) is 0.775. The van der Waals surface area contributed by atoms with Gasteiger partial charge in [0.25, 0.3) is 0 Å². The van der Waals surface area contributed by atoms with Crippen molar-refractivity contribution in [1.29, 1.82) is 0 Å². The Labute approximate surface area is 516 Å². The molecule has 3 atom stereocenters. The number of hydrogen-bond donors (Lipinski definition) is 0. The maximum Gasteiger partial charge on any atom is 0.309 e. The van der Waals surface area contributed by atoms with Gasteiger partial charge in [-0.25, -0.2) is 0 Å². The first-order valence-electron chi connectivity index (χ1n) is 33.4. The van der Waals surface area contributed by atoms with E-state index in [1.807, 2.05) is 39.8 Å². The molecule has 0 N–H and O–H groups in total. The van der Waals surface area contributed by atoms with Crippen molar-refractivity contribution in [1.82, 2.24) is 14.7 Å². The molecule has 488 valence electrons. The molecule has 0 saturated carbocycles. The Morgan fingerprint density at radius 1 is 0.325 bits per heavy atom. The van der Waals surface area contributed by atoms with Crippen LogP contribution in [0.15, 0.2) is 0 Å². The number of hydrogen-bond acceptors (Lipinski definition) is 17. The number of nitrogens with zero attached hydrogens (tertiary/aromatic N) is 3. The number of rotatable bonds is 62. The van der Waals surface area contributed by atoms with Gasteiger partial charge in [0, 0.05) is 31.1 Å². The monoisotopic (exact) mass is 1220 g/mol. The van der Waals surface area contributed by atoms with Gasteiger partial charge in [-0.2, -0.15) is 23.5 Å². The first-order chi connectivity index (χ1) is 40.2. The lowest BCUT2D eigenvalue weighted by Crippen LogP contribution is -2.35. The molecule has 15 nitrogen and oxygen atoms in total. The summed E-state index contributed by atoms with van der Waals surface area (Å²) in [5.41, 5.74) is 0. The van der Waals surface area contributed by atoms with E-state index in [0.29, 0.717) is 50.7 Å². The minimum Gasteiger partial charge on any atom is -0.462 e. The Bertz CT molecular complexity index is 1500. The minimum absolute atomic E-state index is 0.00220. The van der Waals surface area contributed by atoms with Crippen molar-refractivity contribution in [3.05, 3.63) is 0 Å². The molecule has 0 aromatic rings. The van der Waals surface area contributed by atoms with E-state index in [1.165, 1.54) is 148 Å². The molecule has 0 aliphatic carbocycles. The molecule has 3 unspecified atom stereocenters. The Morgan fingerprint density at radius 3 is 0.940 bits per heavy atom. The van der Waals surface area contributed by atoms with Crippen LogP contribution in [-0.4, -0.2) is 173 Å². The molecule has 83 heavy (non-hydrogen) atoms. The van der Waals surface area contributed by atoms with Crippen molar-refractivity contribution >= 4 is 59.3 Å². The fraction of sp³-hybridized carbons (Fsp3) is 0.909. The van der Waals surface area contributed by atoms with Crippen molar-refractivity contribution < 1.29 is 57.2 Å². The number of carbonyl (C=O) groups is 6. The maximum absolute atomic E-state index is 13.0. The van der Waals surface area contributed by atoms with Crippen LogP contribution in [-0.2, 0) is 57.2 Å². The molecule has 0 spiro atoms. The van der Waals surface area contributed by atoms with E-state index >= 15 is 0 Å². The van der Waals surface area contributed by atoms with Crippen LogP contribution >= 0.6 is 23.5 Å². The van der Waals surface area contributed by atoms with Crippen LogP contribution < -0.4 is 0 Å². The summed E-state index contributed by atoms with van der Waals surface area (Å²) < 4.78 is 32.7. The van der Waals surface area contributed by atoms with Crippen molar-refractivity contribution in [3.8, 4) is 0 Å². The third kappa shape index (κ3) is 54.5. The second kappa shape index (κ2) is 59.7. The van der Waals surface area contributed by atoms with E-state index in [1.54, 1.807) is 23.5 Å². The molecule has 0 aromatic carbocycles. The average molecular weight is 1220 g/mol. The van der Waals surface area contributed by atoms with Crippen LogP contribution in [0.5, 0.6) is 0 Å². The lowest BCUT2D eigenvalue weighted by molar-refractivity contribution is -0.155. The van der Waals surface area contributed by atoms with Crippen molar-refractivity contribution in [2.75, 3.05) is 123 Å². The first-order valence-corrected chi connectivity index (χ1v) is 35.8. The molecule has 0 amide bonds. The van der Waals surface area contributed by atoms with Crippen LogP contribution in [0.25, 0.3) is 0 Å². The predicted molar refractivity (Wildman–Crippen MR) is 344 cm³/mol. The number of ether oxygens (including phenoxy) is 6. The molecule has 0 aliphatic heterocycles.